The lowest BCUT2D eigenvalue weighted by molar-refractivity contribution is 0.181. The van der Waals surface area contributed by atoms with Gasteiger partial charge in [0, 0.05) is 29.4 Å². The Balaban J connectivity index is 2.06. The van der Waals surface area contributed by atoms with E-state index >= 15 is 0 Å². The van der Waals surface area contributed by atoms with Crippen LogP contribution in [0.3, 0.4) is 0 Å². The van der Waals surface area contributed by atoms with Crippen LogP contribution in [0.4, 0.5) is 0 Å². The van der Waals surface area contributed by atoms with Crippen molar-refractivity contribution < 1.29 is 5.11 Å². The van der Waals surface area contributed by atoms with Crippen LogP contribution in [0.5, 0.6) is 0 Å². The van der Waals surface area contributed by atoms with Crippen LogP contribution in [0.1, 0.15) is 21.6 Å². The van der Waals surface area contributed by atoms with Gasteiger partial charge in [0.25, 0.3) is 0 Å². The summed E-state index contributed by atoms with van der Waals surface area (Å²) < 4.78 is 1.64. The van der Waals surface area contributed by atoms with Gasteiger partial charge in [-0.15, -0.1) is 16.4 Å². The minimum absolute atomic E-state index is 0.472. The van der Waals surface area contributed by atoms with Gasteiger partial charge in [-0.3, -0.25) is 4.68 Å². The van der Waals surface area contributed by atoms with E-state index in [1.54, 1.807) is 16.0 Å². The molecule has 2 aromatic heterocycles. The average molecular weight is 223 g/mol. The van der Waals surface area contributed by atoms with E-state index in [9.17, 15) is 5.11 Å². The van der Waals surface area contributed by atoms with E-state index < -0.39 is 6.10 Å². The van der Waals surface area contributed by atoms with Crippen molar-refractivity contribution in [3.63, 3.8) is 0 Å². The second-order valence-corrected chi connectivity index (χ2v) is 4.87. The summed E-state index contributed by atoms with van der Waals surface area (Å²) >= 11 is 1.62. The third-order valence-corrected chi connectivity index (χ3v) is 3.24. The highest BCUT2D eigenvalue weighted by atomic mass is 32.1. The van der Waals surface area contributed by atoms with Crippen LogP contribution in [-0.2, 0) is 13.5 Å². The quantitative estimate of drug-likeness (QED) is 0.857. The van der Waals surface area contributed by atoms with Crippen molar-refractivity contribution in [1.29, 1.82) is 0 Å². The summed E-state index contributed by atoms with van der Waals surface area (Å²) in [7, 11) is 1.82. The third-order valence-electron chi connectivity index (χ3n) is 2.14. The van der Waals surface area contributed by atoms with Gasteiger partial charge in [-0.2, -0.15) is 0 Å². The molecular formula is C10H13N3OS. The number of hydrogen-bond donors (Lipinski definition) is 1. The number of aliphatic hydroxyl groups excluding tert-OH is 1. The number of nitrogens with zero attached hydrogens (tertiary/aromatic N) is 3. The van der Waals surface area contributed by atoms with Gasteiger partial charge in [-0.1, -0.05) is 5.21 Å². The molecule has 2 rings (SSSR count). The fourth-order valence-corrected chi connectivity index (χ4v) is 2.28. The first-order valence-electron chi connectivity index (χ1n) is 4.75. The molecule has 0 fully saturated rings. The monoisotopic (exact) mass is 223 g/mol. The second-order valence-electron chi connectivity index (χ2n) is 3.55. The summed E-state index contributed by atoms with van der Waals surface area (Å²) in [6.07, 6.45) is 1.87. The molecule has 4 nitrogen and oxygen atoms in total. The molecule has 5 heteroatoms. The molecule has 1 unspecified atom stereocenters. The van der Waals surface area contributed by atoms with Crippen molar-refractivity contribution in [2.45, 2.75) is 19.4 Å². The van der Waals surface area contributed by atoms with Crippen molar-refractivity contribution in [3.8, 4) is 0 Å². The summed E-state index contributed by atoms with van der Waals surface area (Å²) in [5, 5.41) is 17.7. The maximum Gasteiger partial charge on any atom is 0.0938 e. The highest BCUT2D eigenvalue weighted by Gasteiger charge is 2.12. The van der Waals surface area contributed by atoms with Crippen molar-refractivity contribution in [2.75, 3.05) is 0 Å². The number of rotatable bonds is 3. The van der Waals surface area contributed by atoms with Gasteiger partial charge < -0.3 is 5.11 Å². The molecule has 2 heterocycles. The predicted octanol–water partition coefficient (Wildman–Crippen LogP) is 1.46. The summed E-state index contributed by atoms with van der Waals surface area (Å²) in [4.78, 5) is 2.20. The molecule has 0 spiro atoms. The number of thiophene rings is 1. The van der Waals surface area contributed by atoms with Crippen LogP contribution in [0.25, 0.3) is 0 Å². The van der Waals surface area contributed by atoms with E-state index in [-0.39, 0.29) is 0 Å². The molecule has 0 aliphatic carbocycles. The average Bonchev–Trinajstić information content (AvgIpc) is 2.75. The van der Waals surface area contributed by atoms with Crippen LogP contribution < -0.4 is 0 Å². The number of aliphatic hydroxyl groups is 1. The summed E-state index contributed by atoms with van der Waals surface area (Å²) in [5.41, 5.74) is 0.816. The largest absolute Gasteiger partial charge is 0.387 e. The Hall–Kier alpha value is -1.20. The zero-order valence-corrected chi connectivity index (χ0v) is 9.53. The van der Waals surface area contributed by atoms with Gasteiger partial charge in [-0.25, -0.2) is 0 Å². The van der Waals surface area contributed by atoms with Crippen molar-refractivity contribution >= 4 is 11.3 Å². The Kier molecular flexibility index (Phi) is 2.83. The summed E-state index contributed by atoms with van der Waals surface area (Å²) in [5.74, 6) is 0. The predicted molar refractivity (Wildman–Crippen MR) is 58.7 cm³/mol. The highest BCUT2D eigenvalue weighted by molar-refractivity contribution is 7.12. The van der Waals surface area contributed by atoms with E-state index in [4.69, 9.17) is 0 Å². The molecule has 15 heavy (non-hydrogen) atoms. The van der Waals surface area contributed by atoms with E-state index in [1.807, 2.05) is 32.3 Å². The molecule has 0 aromatic carbocycles. The third kappa shape index (κ3) is 2.43. The fourth-order valence-electron chi connectivity index (χ4n) is 1.42. The Labute approximate surface area is 92.2 Å². The first-order valence-corrected chi connectivity index (χ1v) is 5.56. The van der Waals surface area contributed by atoms with Crippen molar-refractivity contribution in [1.82, 2.24) is 15.0 Å². The van der Waals surface area contributed by atoms with Crippen LogP contribution in [0.2, 0.25) is 0 Å². The smallest absolute Gasteiger partial charge is 0.0938 e. The molecule has 0 saturated carbocycles. The molecular weight excluding hydrogens is 210 g/mol. The normalized spacial score (nSPS) is 13.0. The maximum absolute atomic E-state index is 9.93. The lowest BCUT2D eigenvalue weighted by atomic mass is 10.2. The van der Waals surface area contributed by atoms with Gasteiger partial charge >= 0.3 is 0 Å². The standard InChI is InChI=1S/C10H13N3OS/c1-7-3-4-10(15-7)9(14)5-8-6-13(2)12-11-8/h3-4,6,9,14H,5H2,1-2H3. The van der Waals surface area contributed by atoms with E-state index in [2.05, 4.69) is 10.3 Å². The first kappa shape index (κ1) is 10.3. The second kappa shape index (κ2) is 4.12. The van der Waals surface area contributed by atoms with Gasteiger partial charge in [0.15, 0.2) is 0 Å². The van der Waals surface area contributed by atoms with Crippen LogP contribution in [-0.4, -0.2) is 20.1 Å². The van der Waals surface area contributed by atoms with Gasteiger partial charge in [-0.05, 0) is 19.1 Å². The zero-order chi connectivity index (χ0) is 10.8. The fraction of sp³-hybridized carbons (Fsp3) is 0.400. The molecule has 0 aliphatic rings. The van der Waals surface area contributed by atoms with Crippen LogP contribution in [0, 0.1) is 6.92 Å². The lowest BCUT2D eigenvalue weighted by Gasteiger charge is -2.04. The molecule has 0 saturated heterocycles. The number of aromatic nitrogens is 3. The Morgan fingerprint density at radius 3 is 2.87 bits per heavy atom. The van der Waals surface area contributed by atoms with Crippen molar-refractivity contribution in [3.05, 3.63) is 33.8 Å². The molecule has 0 amide bonds. The van der Waals surface area contributed by atoms with E-state index in [1.165, 1.54) is 4.88 Å². The number of aryl methyl sites for hydroxylation is 2. The lowest BCUT2D eigenvalue weighted by Crippen LogP contribution is -1.99. The molecule has 1 N–H and O–H groups in total. The Morgan fingerprint density at radius 1 is 1.53 bits per heavy atom. The zero-order valence-electron chi connectivity index (χ0n) is 8.71. The minimum atomic E-state index is -0.472. The van der Waals surface area contributed by atoms with Gasteiger partial charge in [0.05, 0.1) is 11.8 Å². The molecule has 2 aromatic rings. The molecule has 80 valence electrons. The van der Waals surface area contributed by atoms with Crippen LogP contribution >= 0.6 is 11.3 Å². The first-order chi connectivity index (χ1) is 7.15. The SMILES string of the molecule is Cc1ccc(C(O)Cc2cn(C)nn2)s1. The van der Waals surface area contributed by atoms with Crippen LogP contribution in [0.15, 0.2) is 18.3 Å². The van der Waals surface area contributed by atoms with E-state index in [0.717, 1.165) is 10.6 Å². The molecule has 0 bridgehead atoms. The molecule has 1 atom stereocenters. The van der Waals surface area contributed by atoms with Crippen molar-refractivity contribution in [2.24, 2.45) is 7.05 Å². The van der Waals surface area contributed by atoms with E-state index in [0.29, 0.717) is 6.42 Å². The molecule has 0 radical (unpaired) electrons. The Bertz CT molecular complexity index is 449. The molecule has 0 aliphatic heterocycles. The van der Waals surface area contributed by atoms with Gasteiger partial charge in [0.1, 0.15) is 0 Å². The Morgan fingerprint density at radius 2 is 2.33 bits per heavy atom. The maximum atomic E-state index is 9.93. The number of hydrogen-bond acceptors (Lipinski definition) is 4. The summed E-state index contributed by atoms with van der Waals surface area (Å²) in [6.45, 7) is 2.03. The minimum Gasteiger partial charge on any atom is -0.387 e. The topological polar surface area (TPSA) is 50.9 Å². The highest BCUT2D eigenvalue weighted by Crippen LogP contribution is 2.24. The summed E-state index contributed by atoms with van der Waals surface area (Å²) in [6, 6.07) is 3.97. The van der Waals surface area contributed by atoms with Gasteiger partial charge in [0.2, 0.25) is 0 Å².